The van der Waals surface area contributed by atoms with E-state index in [9.17, 15) is 0 Å². The zero-order chi connectivity index (χ0) is 13.4. The molecule has 0 saturated heterocycles. The molecule has 1 atom stereocenters. The number of hydrogen-bond acceptors (Lipinski definition) is 3. The van der Waals surface area contributed by atoms with Crippen molar-refractivity contribution in [2.45, 2.75) is 32.9 Å². The SMILES string of the molecule is COCCOC(CNC(C)C)c1ccccc1C. The Balaban J connectivity index is 2.66. The second-order valence-electron chi connectivity index (χ2n) is 4.77. The van der Waals surface area contributed by atoms with Gasteiger partial charge in [0.25, 0.3) is 0 Å². The topological polar surface area (TPSA) is 30.5 Å². The molecule has 3 heteroatoms. The van der Waals surface area contributed by atoms with Crippen molar-refractivity contribution < 1.29 is 9.47 Å². The molecule has 0 saturated carbocycles. The number of aryl methyl sites for hydroxylation is 1. The third kappa shape index (κ3) is 5.17. The average molecular weight is 251 g/mol. The standard InChI is InChI=1S/C15H25NO2/c1-12(2)16-11-15(18-10-9-17-4)14-8-6-5-7-13(14)3/h5-8,12,15-16H,9-11H2,1-4H3. The van der Waals surface area contributed by atoms with Gasteiger partial charge in [-0.25, -0.2) is 0 Å². The molecule has 0 aliphatic rings. The van der Waals surface area contributed by atoms with Crippen LogP contribution in [-0.2, 0) is 9.47 Å². The summed E-state index contributed by atoms with van der Waals surface area (Å²) in [4.78, 5) is 0. The van der Waals surface area contributed by atoms with Crippen LogP contribution in [0.3, 0.4) is 0 Å². The predicted molar refractivity (Wildman–Crippen MR) is 74.9 cm³/mol. The normalized spacial score (nSPS) is 12.9. The monoisotopic (exact) mass is 251 g/mol. The molecule has 0 bridgehead atoms. The van der Waals surface area contributed by atoms with E-state index in [4.69, 9.17) is 9.47 Å². The molecule has 0 amide bonds. The minimum Gasteiger partial charge on any atom is -0.382 e. The van der Waals surface area contributed by atoms with Crippen LogP contribution >= 0.6 is 0 Å². The molecule has 0 aliphatic carbocycles. The summed E-state index contributed by atoms with van der Waals surface area (Å²) in [5.74, 6) is 0. The third-order valence-corrected chi connectivity index (χ3v) is 2.85. The van der Waals surface area contributed by atoms with Crippen molar-refractivity contribution in [3.8, 4) is 0 Å². The number of rotatable bonds is 8. The van der Waals surface area contributed by atoms with Gasteiger partial charge in [0.05, 0.1) is 19.3 Å². The van der Waals surface area contributed by atoms with Crippen molar-refractivity contribution >= 4 is 0 Å². The van der Waals surface area contributed by atoms with Gasteiger partial charge in [0, 0.05) is 19.7 Å². The predicted octanol–water partition coefficient (Wildman–Crippen LogP) is 2.70. The average Bonchev–Trinajstić information content (AvgIpc) is 2.34. The summed E-state index contributed by atoms with van der Waals surface area (Å²) < 4.78 is 11.0. The van der Waals surface area contributed by atoms with Crippen molar-refractivity contribution in [1.29, 1.82) is 0 Å². The van der Waals surface area contributed by atoms with E-state index in [2.05, 4.69) is 50.4 Å². The smallest absolute Gasteiger partial charge is 0.0953 e. The van der Waals surface area contributed by atoms with E-state index < -0.39 is 0 Å². The first-order valence-electron chi connectivity index (χ1n) is 6.54. The van der Waals surface area contributed by atoms with Crippen LogP contribution in [0.4, 0.5) is 0 Å². The molecule has 1 N–H and O–H groups in total. The maximum Gasteiger partial charge on any atom is 0.0953 e. The minimum absolute atomic E-state index is 0.0868. The summed E-state index contributed by atoms with van der Waals surface area (Å²) >= 11 is 0. The first-order chi connectivity index (χ1) is 8.65. The Hall–Kier alpha value is -0.900. The summed E-state index contributed by atoms with van der Waals surface area (Å²) in [6.07, 6.45) is 0.0868. The number of ether oxygens (including phenoxy) is 2. The maximum atomic E-state index is 5.91. The van der Waals surface area contributed by atoms with Gasteiger partial charge in [0.1, 0.15) is 0 Å². The van der Waals surface area contributed by atoms with Crippen molar-refractivity contribution in [2.24, 2.45) is 0 Å². The van der Waals surface area contributed by atoms with Gasteiger partial charge in [0.2, 0.25) is 0 Å². The molecule has 0 fully saturated rings. The van der Waals surface area contributed by atoms with E-state index in [-0.39, 0.29) is 6.10 Å². The number of hydrogen-bond donors (Lipinski definition) is 1. The lowest BCUT2D eigenvalue weighted by atomic mass is 10.0. The fourth-order valence-corrected chi connectivity index (χ4v) is 1.82. The molecule has 18 heavy (non-hydrogen) atoms. The minimum atomic E-state index is 0.0868. The van der Waals surface area contributed by atoms with Crippen LogP contribution in [0.2, 0.25) is 0 Å². The van der Waals surface area contributed by atoms with Crippen LogP contribution in [0.1, 0.15) is 31.1 Å². The number of methoxy groups -OCH3 is 1. The molecule has 102 valence electrons. The van der Waals surface area contributed by atoms with Crippen molar-refractivity contribution in [2.75, 3.05) is 26.9 Å². The quantitative estimate of drug-likeness (QED) is 0.721. The third-order valence-electron chi connectivity index (χ3n) is 2.85. The lowest BCUT2D eigenvalue weighted by Gasteiger charge is -2.22. The van der Waals surface area contributed by atoms with Gasteiger partial charge >= 0.3 is 0 Å². The molecular formula is C15H25NO2. The highest BCUT2D eigenvalue weighted by Crippen LogP contribution is 2.20. The zero-order valence-corrected chi connectivity index (χ0v) is 11.9. The zero-order valence-electron chi connectivity index (χ0n) is 11.9. The Morgan fingerprint density at radius 2 is 1.89 bits per heavy atom. The Labute approximate surface area is 110 Å². The van der Waals surface area contributed by atoms with Crippen molar-refractivity contribution in [1.82, 2.24) is 5.32 Å². The molecule has 0 heterocycles. The lowest BCUT2D eigenvalue weighted by Crippen LogP contribution is -2.30. The van der Waals surface area contributed by atoms with Crippen LogP contribution < -0.4 is 5.32 Å². The fraction of sp³-hybridized carbons (Fsp3) is 0.600. The lowest BCUT2D eigenvalue weighted by molar-refractivity contribution is 0.0155. The maximum absolute atomic E-state index is 5.91. The Kier molecular flexibility index (Phi) is 6.94. The molecule has 1 unspecified atom stereocenters. The highest BCUT2D eigenvalue weighted by Gasteiger charge is 2.14. The number of nitrogens with one attached hydrogen (secondary N) is 1. The Morgan fingerprint density at radius 1 is 1.17 bits per heavy atom. The van der Waals surface area contributed by atoms with Gasteiger partial charge in [0.15, 0.2) is 0 Å². The second kappa shape index (κ2) is 8.25. The van der Waals surface area contributed by atoms with E-state index in [1.165, 1.54) is 11.1 Å². The van der Waals surface area contributed by atoms with Crippen LogP contribution in [0.15, 0.2) is 24.3 Å². The Bertz CT molecular complexity index is 339. The van der Waals surface area contributed by atoms with Gasteiger partial charge in [-0.2, -0.15) is 0 Å². The summed E-state index contributed by atoms with van der Waals surface area (Å²) in [6.45, 7) is 8.48. The van der Waals surface area contributed by atoms with E-state index >= 15 is 0 Å². The molecule has 0 aliphatic heterocycles. The van der Waals surface area contributed by atoms with Crippen LogP contribution in [-0.4, -0.2) is 32.9 Å². The highest BCUT2D eigenvalue weighted by molar-refractivity contribution is 5.28. The largest absolute Gasteiger partial charge is 0.382 e. The van der Waals surface area contributed by atoms with E-state index in [0.717, 1.165) is 6.54 Å². The van der Waals surface area contributed by atoms with E-state index in [0.29, 0.717) is 19.3 Å². The number of benzene rings is 1. The molecule has 1 aromatic carbocycles. The molecule has 3 nitrogen and oxygen atoms in total. The molecular weight excluding hydrogens is 226 g/mol. The van der Waals surface area contributed by atoms with E-state index in [1.807, 2.05) is 0 Å². The van der Waals surface area contributed by atoms with Crippen LogP contribution in [0.5, 0.6) is 0 Å². The second-order valence-corrected chi connectivity index (χ2v) is 4.77. The fourth-order valence-electron chi connectivity index (χ4n) is 1.82. The van der Waals surface area contributed by atoms with Gasteiger partial charge in [-0.3, -0.25) is 0 Å². The van der Waals surface area contributed by atoms with Gasteiger partial charge < -0.3 is 14.8 Å². The molecule has 1 aromatic rings. The van der Waals surface area contributed by atoms with E-state index in [1.54, 1.807) is 7.11 Å². The molecule has 0 radical (unpaired) electrons. The highest BCUT2D eigenvalue weighted by atomic mass is 16.5. The Morgan fingerprint density at radius 3 is 2.50 bits per heavy atom. The summed E-state index contributed by atoms with van der Waals surface area (Å²) in [7, 11) is 1.69. The van der Waals surface area contributed by atoms with Crippen molar-refractivity contribution in [3.05, 3.63) is 35.4 Å². The van der Waals surface area contributed by atoms with Crippen molar-refractivity contribution in [3.63, 3.8) is 0 Å². The molecule has 1 rings (SSSR count). The summed E-state index contributed by atoms with van der Waals surface area (Å²) in [6, 6.07) is 8.83. The first kappa shape index (κ1) is 15.2. The summed E-state index contributed by atoms with van der Waals surface area (Å²) in [5.41, 5.74) is 2.52. The summed E-state index contributed by atoms with van der Waals surface area (Å²) in [5, 5.41) is 3.43. The van der Waals surface area contributed by atoms with Gasteiger partial charge in [-0.05, 0) is 18.1 Å². The molecule has 0 aromatic heterocycles. The van der Waals surface area contributed by atoms with Crippen LogP contribution in [0, 0.1) is 6.92 Å². The van der Waals surface area contributed by atoms with Gasteiger partial charge in [-0.15, -0.1) is 0 Å². The first-order valence-corrected chi connectivity index (χ1v) is 6.54. The van der Waals surface area contributed by atoms with Crippen LogP contribution in [0.25, 0.3) is 0 Å². The van der Waals surface area contributed by atoms with Gasteiger partial charge in [-0.1, -0.05) is 38.1 Å². The molecule has 0 spiro atoms.